The van der Waals surface area contributed by atoms with Crippen molar-refractivity contribution in [3.05, 3.63) is 30.1 Å². The normalized spacial score (nSPS) is 12.6. The number of hydrogen-bond donors (Lipinski definition) is 3. The molecule has 0 aliphatic rings. The van der Waals surface area contributed by atoms with E-state index in [1.807, 2.05) is 39.1 Å². The molecule has 20 heavy (non-hydrogen) atoms. The van der Waals surface area contributed by atoms with Crippen molar-refractivity contribution in [2.75, 3.05) is 13.1 Å². The van der Waals surface area contributed by atoms with Crippen LogP contribution in [0, 0.1) is 0 Å². The van der Waals surface area contributed by atoms with Crippen molar-refractivity contribution >= 4 is 10.2 Å². The summed E-state index contributed by atoms with van der Waals surface area (Å²) in [5.41, 5.74) is 0.646. The highest BCUT2D eigenvalue weighted by atomic mass is 32.2. The largest absolute Gasteiger partial charge is 0.313 e. The molecule has 6 nitrogen and oxygen atoms in total. The Hall–Kier alpha value is -1.02. The number of nitrogens with one attached hydrogen (secondary N) is 3. The van der Waals surface area contributed by atoms with Gasteiger partial charge in [-0.15, -0.1) is 0 Å². The molecule has 1 rings (SSSR count). The molecular formula is C13H24N4O2S. The molecule has 0 spiro atoms. The van der Waals surface area contributed by atoms with E-state index in [4.69, 9.17) is 0 Å². The van der Waals surface area contributed by atoms with Crippen LogP contribution in [0.4, 0.5) is 0 Å². The highest BCUT2D eigenvalue weighted by Crippen LogP contribution is 2.00. The van der Waals surface area contributed by atoms with Gasteiger partial charge in [-0.1, -0.05) is 6.07 Å². The van der Waals surface area contributed by atoms with E-state index in [0.29, 0.717) is 6.54 Å². The molecule has 0 saturated heterocycles. The van der Waals surface area contributed by atoms with Gasteiger partial charge in [0.2, 0.25) is 0 Å². The SMILES string of the molecule is CC(C)(C)NS(=O)(=O)NCCCNCc1cccnc1. The molecule has 0 atom stereocenters. The minimum Gasteiger partial charge on any atom is -0.313 e. The van der Waals surface area contributed by atoms with Gasteiger partial charge in [0.05, 0.1) is 0 Å². The van der Waals surface area contributed by atoms with Crippen molar-refractivity contribution in [1.82, 2.24) is 19.7 Å². The van der Waals surface area contributed by atoms with E-state index in [1.54, 1.807) is 6.20 Å². The van der Waals surface area contributed by atoms with Crippen LogP contribution < -0.4 is 14.8 Å². The molecule has 0 bridgehead atoms. The Labute approximate surface area is 121 Å². The molecule has 0 aromatic carbocycles. The van der Waals surface area contributed by atoms with Gasteiger partial charge in [0.15, 0.2) is 0 Å². The first-order valence-electron chi connectivity index (χ1n) is 6.67. The maximum Gasteiger partial charge on any atom is 0.277 e. The number of nitrogens with zero attached hydrogens (tertiary/aromatic N) is 1. The Morgan fingerprint density at radius 3 is 2.60 bits per heavy atom. The van der Waals surface area contributed by atoms with Crippen LogP contribution in [0.25, 0.3) is 0 Å². The fourth-order valence-corrected chi connectivity index (χ4v) is 2.89. The molecule has 114 valence electrons. The third-order valence-corrected chi connectivity index (χ3v) is 3.78. The number of hydrogen-bond acceptors (Lipinski definition) is 4. The summed E-state index contributed by atoms with van der Waals surface area (Å²) in [5.74, 6) is 0. The molecule has 0 amide bonds. The maximum atomic E-state index is 11.6. The van der Waals surface area contributed by atoms with Crippen molar-refractivity contribution in [3.8, 4) is 0 Å². The fraction of sp³-hybridized carbons (Fsp3) is 0.615. The quantitative estimate of drug-likeness (QED) is 0.620. The van der Waals surface area contributed by atoms with Gasteiger partial charge >= 0.3 is 0 Å². The van der Waals surface area contributed by atoms with E-state index in [1.165, 1.54) is 0 Å². The summed E-state index contributed by atoms with van der Waals surface area (Å²) < 4.78 is 28.4. The number of pyridine rings is 1. The van der Waals surface area contributed by atoms with Gasteiger partial charge in [-0.3, -0.25) is 4.98 Å². The van der Waals surface area contributed by atoms with Gasteiger partial charge in [-0.2, -0.15) is 13.1 Å². The summed E-state index contributed by atoms with van der Waals surface area (Å²) in [4.78, 5) is 4.03. The minimum absolute atomic E-state index is 0.408. The van der Waals surface area contributed by atoms with Crippen molar-refractivity contribution in [3.63, 3.8) is 0 Å². The number of aromatic nitrogens is 1. The molecule has 0 aliphatic carbocycles. The second-order valence-electron chi connectivity index (χ2n) is 5.64. The van der Waals surface area contributed by atoms with Crippen LogP contribution in [0.1, 0.15) is 32.8 Å². The summed E-state index contributed by atoms with van der Waals surface area (Å²) in [7, 11) is -3.42. The maximum absolute atomic E-state index is 11.6. The van der Waals surface area contributed by atoms with E-state index in [2.05, 4.69) is 19.7 Å². The molecule has 0 saturated carbocycles. The standard InChI is InChI=1S/C13H24N4O2S/c1-13(2,3)17-20(18,19)16-9-5-8-15-11-12-6-4-7-14-10-12/h4,6-7,10,15-17H,5,8-9,11H2,1-3H3. The van der Waals surface area contributed by atoms with Gasteiger partial charge in [0, 0.05) is 31.0 Å². The Balaban J connectivity index is 2.13. The molecule has 0 radical (unpaired) electrons. The van der Waals surface area contributed by atoms with Gasteiger partial charge in [-0.05, 0) is 45.4 Å². The van der Waals surface area contributed by atoms with Gasteiger partial charge in [0.25, 0.3) is 10.2 Å². The predicted molar refractivity (Wildman–Crippen MR) is 80.4 cm³/mol. The summed E-state index contributed by atoms with van der Waals surface area (Å²) in [5, 5.41) is 3.24. The monoisotopic (exact) mass is 300 g/mol. The van der Waals surface area contributed by atoms with Crippen LogP contribution in [0.2, 0.25) is 0 Å². The fourth-order valence-electron chi connectivity index (χ4n) is 1.59. The topological polar surface area (TPSA) is 83.1 Å². The minimum atomic E-state index is -3.42. The van der Waals surface area contributed by atoms with Crippen LogP contribution in [0.15, 0.2) is 24.5 Å². The lowest BCUT2D eigenvalue weighted by Crippen LogP contribution is -2.47. The lowest BCUT2D eigenvalue weighted by Gasteiger charge is -2.20. The Kier molecular flexibility index (Phi) is 6.54. The summed E-state index contributed by atoms with van der Waals surface area (Å²) in [6, 6.07) is 3.89. The summed E-state index contributed by atoms with van der Waals surface area (Å²) in [6.07, 6.45) is 4.27. The van der Waals surface area contributed by atoms with E-state index < -0.39 is 15.7 Å². The van der Waals surface area contributed by atoms with Crippen LogP contribution >= 0.6 is 0 Å². The molecule has 0 aliphatic heterocycles. The third kappa shape index (κ3) is 8.21. The zero-order valence-corrected chi connectivity index (χ0v) is 13.1. The lowest BCUT2D eigenvalue weighted by atomic mass is 10.1. The van der Waals surface area contributed by atoms with E-state index in [9.17, 15) is 8.42 Å². The Morgan fingerprint density at radius 1 is 1.25 bits per heavy atom. The molecule has 1 aromatic heterocycles. The van der Waals surface area contributed by atoms with Crippen molar-refractivity contribution < 1.29 is 8.42 Å². The van der Waals surface area contributed by atoms with Crippen LogP contribution in [-0.2, 0) is 16.8 Å². The average Bonchev–Trinajstić information content (AvgIpc) is 2.32. The molecule has 1 heterocycles. The Bertz CT molecular complexity index is 483. The first-order chi connectivity index (χ1) is 9.29. The highest BCUT2D eigenvalue weighted by molar-refractivity contribution is 7.87. The van der Waals surface area contributed by atoms with Gasteiger partial charge in [-0.25, -0.2) is 4.72 Å². The first kappa shape index (κ1) is 17.0. The van der Waals surface area contributed by atoms with Crippen molar-refractivity contribution in [1.29, 1.82) is 0 Å². The molecule has 0 fully saturated rings. The Morgan fingerprint density at radius 2 is 2.00 bits per heavy atom. The van der Waals surface area contributed by atoms with Crippen molar-refractivity contribution in [2.45, 2.75) is 39.3 Å². The third-order valence-electron chi connectivity index (χ3n) is 2.31. The summed E-state index contributed by atoms with van der Waals surface area (Å²) in [6.45, 7) is 7.31. The second kappa shape index (κ2) is 7.68. The van der Waals surface area contributed by atoms with Crippen LogP contribution in [-0.4, -0.2) is 32.0 Å². The first-order valence-corrected chi connectivity index (χ1v) is 8.15. The molecule has 1 aromatic rings. The molecule has 0 unspecified atom stereocenters. The predicted octanol–water partition coefficient (Wildman–Crippen LogP) is 0.784. The van der Waals surface area contributed by atoms with Gasteiger partial charge < -0.3 is 5.32 Å². The number of rotatable bonds is 8. The van der Waals surface area contributed by atoms with Crippen molar-refractivity contribution in [2.24, 2.45) is 0 Å². The lowest BCUT2D eigenvalue weighted by molar-refractivity contribution is 0.482. The smallest absolute Gasteiger partial charge is 0.277 e. The van der Waals surface area contributed by atoms with Crippen LogP contribution in [0.3, 0.4) is 0 Å². The van der Waals surface area contributed by atoms with Gasteiger partial charge in [0.1, 0.15) is 0 Å². The second-order valence-corrected chi connectivity index (χ2v) is 7.14. The molecule has 3 N–H and O–H groups in total. The van der Waals surface area contributed by atoms with E-state index in [0.717, 1.165) is 25.1 Å². The zero-order chi connectivity index (χ0) is 15.1. The average molecular weight is 300 g/mol. The van der Waals surface area contributed by atoms with E-state index in [-0.39, 0.29) is 0 Å². The molecular weight excluding hydrogens is 276 g/mol. The van der Waals surface area contributed by atoms with E-state index >= 15 is 0 Å². The molecule has 7 heteroatoms. The highest BCUT2D eigenvalue weighted by Gasteiger charge is 2.18. The summed E-state index contributed by atoms with van der Waals surface area (Å²) >= 11 is 0. The van der Waals surface area contributed by atoms with Crippen LogP contribution in [0.5, 0.6) is 0 Å². The zero-order valence-electron chi connectivity index (χ0n) is 12.3.